The number of hydrogen-bond acceptors (Lipinski definition) is 2. The quantitative estimate of drug-likeness (QED) is 0.515. The maximum absolute atomic E-state index is 13.4. The lowest BCUT2D eigenvalue weighted by Gasteiger charge is -2.13. The van der Waals surface area contributed by atoms with Gasteiger partial charge >= 0.3 is 0 Å². The number of benzene rings is 2. The Morgan fingerprint density at radius 2 is 1.73 bits per heavy atom. The molecule has 2 aromatic carbocycles. The van der Waals surface area contributed by atoms with Crippen LogP contribution in [0.15, 0.2) is 24.3 Å². The van der Waals surface area contributed by atoms with Crippen molar-refractivity contribution in [2.45, 2.75) is 13.8 Å². The zero-order chi connectivity index (χ0) is 15.7. The van der Waals surface area contributed by atoms with Crippen LogP contribution in [0.5, 0.6) is 0 Å². The number of carbonyl (C=O) groups is 1. The smallest absolute Gasteiger partial charge is 0.174 e. The third kappa shape index (κ3) is 3.31. The Labute approximate surface area is 130 Å². The number of hydrogen-bond donors (Lipinski definition) is 2. The van der Waals surface area contributed by atoms with E-state index in [2.05, 4.69) is 0 Å². The highest BCUT2D eigenvalue weighted by atomic mass is 35.5. The van der Waals surface area contributed by atoms with E-state index in [0.29, 0.717) is 10.6 Å². The monoisotopic (exact) mass is 330 g/mol. The van der Waals surface area contributed by atoms with Gasteiger partial charge in [0, 0.05) is 17.2 Å². The molecule has 7 heteroatoms. The molecule has 0 amide bonds. The second kappa shape index (κ2) is 6.93. The fourth-order valence-electron chi connectivity index (χ4n) is 2.22. The molecular weight excluding hydrogens is 316 g/mol. The van der Waals surface area contributed by atoms with Gasteiger partial charge in [0.15, 0.2) is 11.5 Å². The van der Waals surface area contributed by atoms with E-state index in [9.17, 15) is 18.8 Å². The van der Waals surface area contributed by atoms with E-state index in [1.165, 1.54) is 13.0 Å². The lowest BCUT2D eigenvalue weighted by molar-refractivity contribution is -0.825. The molecule has 22 heavy (non-hydrogen) atoms. The molecule has 0 saturated heterocycles. The average Bonchev–Trinajstić information content (AvgIpc) is 2.39. The third-order valence-corrected chi connectivity index (χ3v) is 3.62. The average molecular weight is 331 g/mol. The lowest BCUT2D eigenvalue weighted by atomic mass is 9.93. The van der Waals surface area contributed by atoms with E-state index in [-0.39, 0.29) is 33.6 Å². The topological polar surface area (TPSA) is 85.4 Å². The van der Waals surface area contributed by atoms with Crippen LogP contribution in [0.1, 0.15) is 22.8 Å². The maximum atomic E-state index is 13.4. The van der Waals surface area contributed by atoms with Crippen molar-refractivity contribution >= 4 is 23.1 Å². The molecule has 0 aliphatic heterocycles. The van der Waals surface area contributed by atoms with Gasteiger partial charge in [0.2, 0.25) is 0 Å². The Bertz CT molecular complexity index is 715. The first-order valence-electron chi connectivity index (χ1n) is 6.13. The van der Waals surface area contributed by atoms with Crippen LogP contribution in [-0.2, 0) is 0 Å². The molecule has 2 aromatic rings. The van der Waals surface area contributed by atoms with Gasteiger partial charge in [0.25, 0.3) is 0 Å². The van der Waals surface area contributed by atoms with Gasteiger partial charge in [-0.05, 0) is 37.6 Å². The number of carbonyl (C=O) groups excluding carboxylic acids is 1. The minimum Gasteiger partial charge on any atom is -0.412 e. The summed E-state index contributed by atoms with van der Waals surface area (Å²) < 4.78 is 26.9. The second-order valence-electron chi connectivity index (χ2n) is 4.66. The van der Waals surface area contributed by atoms with E-state index >= 15 is 0 Å². The Morgan fingerprint density at radius 3 is 2.18 bits per heavy atom. The molecule has 4 nitrogen and oxygen atoms in total. The summed E-state index contributed by atoms with van der Waals surface area (Å²) in [6, 6.07) is 4.38. The summed E-state index contributed by atoms with van der Waals surface area (Å²) in [5.41, 5.74) is 2.17. The minimum absolute atomic E-state index is 0. The van der Waals surface area contributed by atoms with Crippen LogP contribution >= 0.6 is 11.6 Å². The van der Waals surface area contributed by atoms with Crippen molar-refractivity contribution in [3.63, 3.8) is 0 Å². The predicted molar refractivity (Wildman–Crippen MR) is 78.5 cm³/mol. The predicted octanol–water partition coefficient (Wildman–Crippen LogP) is 2.56. The highest BCUT2D eigenvalue weighted by Gasteiger charge is 2.22. The van der Waals surface area contributed by atoms with E-state index in [0.717, 1.165) is 23.7 Å². The number of Topliss-reactive ketones (excluding diaryl/α,β-unsaturated/α-hetero) is 1. The van der Waals surface area contributed by atoms with E-state index < -0.39 is 11.6 Å². The molecule has 0 heterocycles. The van der Waals surface area contributed by atoms with Gasteiger partial charge in [-0.1, -0.05) is 11.6 Å². The van der Waals surface area contributed by atoms with E-state index in [1.54, 1.807) is 6.92 Å². The van der Waals surface area contributed by atoms with Crippen LogP contribution in [0.2, 0.25) is 5.02 Å². The number of ketones is 1. The first-order valence-corrected chi connectivity index (χ1v) is 6.51. The van der Waals surface area contributed by atoms with Crippen LogP contribution < -0.4 is 5.48 Å². The molecule has 0 bridgehead atoms. The van der Waals surface area contributed by atoms with Crippen LogP contribution in [-0.4, -0.2) is 16.5 Å². The molecule has 0 radical (unpaired) electrons. The number of rotatable bonds is 3. The largest absolute Gasteiger partial charge is 0.412 e. The van der Waals surface area contributed by atoms with Gasteiger partial charge in [-0.25, -0.2) is 14.0 Å². The van der Waals surface area contributed by atoms with Crippen LogP contribution in [0.3, 0.4) is 0 Å². The zero-order valence-electron chi connectivity index (χ0n) is 11.9. The highest BCUT2D eigenvalue weighted by molar-refractivity contribution is 6.32. The molecule has 0 fully saturated rings. The van der Waals surface area contributed by atoms with E-state index in [1.807, 2.05) is 0 Å². The summed E-state index contributed by atoms with van der Waals surface area (Å²) in [6.07, 6.45) is 0. The number of nitrogens with two attached hydrogens (primary N) is 1. The molecule has 0 atom stereocenters. The fourth-order valence-corrected chi connectivity index (χ4v) is 2.43. The second-order valence-corrected chi connectivity index (χ2v) is 5.07. The van der Waals surface area contributed by atoms with Gasteiger partial charge in [-0.15, -0.1) is 0 Å². The molecular formula is C15H15ClF2NO3+. The van der Waals surface area contributed by atoms with Crippen molar-refractivity contribution in [1.29, 1.82) is 0 Å². The van der Waals surface area contributed by atoms with Crippen LogP contribution in [0.4, 0.5) is 14.5 Å². The van der Waals surface area contributed by atoms with E-state index in [4.69, 9.17) is 11.6 Å². The molecule has 0 spiro atoms. The van der Waals surface area contributed by atoms with Crippen LogP contribution in [0.25, 0.3) is 11.1 Å². The Morgan fingerprint density at radius 1 is 1.18 bits per heavy atom. The van der Waals surface area contributed by atoms with Crippen molar-refractivity contribution < 1.29 is 29.7 Å². The molecule has 5 N–H and O–H groups in total. The summed E-state index contributed by atoms with van der Waals surface area (Å²) in [5, 5.41) is 9.74. The van der Waals surface area contributed by atoms with Gasteiger partial charge in [-0.2, -0.15) is 5.48 Å². The van der Waals surface area contributed by atoms with Gasteiger partial charge in [0.1, 0.15) is 11.6 Å². The summed E-state index contributed by atoms with van der Waals surface area (Å²) in [5.74, 6) is -1.85. The number of halogens is 3. The summed E-state index contributed by atoms with van der Waals surface area (Å²) in [4.78, 5) is 11.8. The first kappa shape index (κ1) is 18.2. The van der Waals surface area contributed by atoms with Gasteiger partial charge in [-0.3, -0.25) is 4.79 Å². The third-order valence-electron chi connectivity index (χ3n) is 3.23. The van der Waals surface area contributed by atoms with Crippen molar-refractivity contribution in [2.24, 2.45) is 0 Å². The summed E-state index contributed by atoms with van der Waals surface area (Å²) >= 11 is 6.03. The summed E-state index contributed by atoms with van der Waals surface area (Å²) in [6.45, 7) is 2.97. The lowest BCUT2D eigenvalue weighted by Crippen LogP contribution is -2.74. The molecule has 0 aromatic heterocycles. The Kier molecular flexibility index (Phi) is 5.73. The zero-order valence-corrected chi connectivity index (χ0v) is 12.6. The molecule has 0 saturated carbocycles. The standard InChI is InChI=1S/C15H12ClF2NO2.H2O/c1-7-13(16)6-12(8(2)20)14(15(7)19-21)9-3-10(17)5-11(18)4-9;/h3-6,19,21H,1-2H3;1H2/p+1. The Hall–Kier alpha value is -1.86. The maximum Gasteiger partial charge on any atom is 0.174 e. The molecule has 118 valence electrons. The molecule has 0 aliphatic rings. The molecule has 2 rings (SSSR count). The number of quaternary nitrogens is 1. The van der Waals surface area contributed by atoms with Gasteiger partial charge < -0.3 is 5.48 Å². The Balaban J connectivity index is 0.00000242. The normalized spacial score (nSPS) is 10.3. The minimum atomic E-state index is -0.768. The summed E-state index contributed by atoms with van der Waals surface area (Å²) in [7, 11) is 0. The fraction of sp³-hybridized carbons (Fsp3) is 0.133. The molecule has 0 aliphatic carbocycles. The van der Waals surface area contributed by atoms with Crippen molar-refractivity contribution in [2.75, 3.05) is 0 Å². The first-order chi connectivity index (χ1) is 9.85. The van der Waals surface area contributed by atoms with Crippen molar-refractivity contribution in [3.8, 4) is 11.1 Å². The van der Waals surface area contributed by atoms with Crippen molar-refractivity contribution in [1.82, 2.24) is 0 Å². The van der Waals surface area contributed by atoms with Gasteiger partial charge in [0.05, 0.1) is 10.6 Å². The van der Waals surface area contributed by atoms with Crippen LogP contribution in [0, 0.1) is 18.6 Å². The molecule has 0 unspecified atom stereocenters. The highest BCUT2D eigenvalue weighted by Crippen LogP contribution is 2.36. The van der Waals surface area contributed by atoms with Crippen molar-refractivity contribution in [3.05, 3.63) is 52.0 Å². The SMILES string of the molecule is CC(=O)c1cc(Cl)c(C)c([NH2+]O)c1-c1cc(F)cc(F)c1.O.